The lowest BCUT2D eigenvalue weighted by Gasteiger charge is -2.00. The summed E-state index contributed by atoms with van der Waals surface area (Å²) in [5, 5.41) is 6.52. The third-order valence-corrected chi connectivity index (χ3v) is 2.28. The molecule has 1 N–H and O–H groups in total. The Morgan fingerprint density at radius 3 is 3.00 bits per heavy atom. The second kappa shape index (κ2) is 5.31. The molecule has 6 heteroatoms. The number of nitrogens with zero attached hydrogens (tertiary/aromatic N) is 2. The highest BCUT2D eigenvalue weighted by atomic mass is 16.5. The van der Waals surface area contributed by atoms with E-state index < -0.39 is 5.97 Å². The minimum absolute atomic E-state index is 0.0923. The smallest absolute Gasteiger partial charge is 0.375 e. The van der Waals surface area contributed by atoms with Crippen LogP contribution in [0.3, 0.4) is 0 Å². The number of aromatic nitrogens is 3. The normalized spacial score (nSPS) is 10.1. The zero-order valence-electron chi connectivity index (χ0n) is 10.1. The molecule has 1 aromatic carbocycles. The van der Waals surface area contributed by atoms with Crippen LogP contribution in [0.15, 0.2) is 24.3 Å². The number of carbonyl (C=O) groups is 1. The Morgan fingerprint density at radius 1 is 1.44 bits per heavy atom. The van der Waals surface area contributed by atoms with Crippen LogP contribution in [0.2, 0.25) is 0 Å². The van der Waals surface area contributed by atoms with Gasteiger partial charge in [-0.3, -0.25) is 5.10 Å². The molecule has 1 aromatic heterocycles. The molecular weight excluding hydrogens is 234 g/mol. The summed E-state index contributed by atoms with van der Waals surface area (Å²) in [6.45, 7) is 2.03. The zero-order valence-corrected chi connectivity index (χ0v) is 10.1. The Balaban J connectivity index is 2.26. The summed E-state index contributed by atoms with van der Waals surface area (Å²) in [5.41, 5.74) is 0.765. The number of carbonyl (C=O) groups excluding carboxylic acids is 1. The van der Waals surface area contributed by atoms with Crippen molar-refractivity contribution in [2.75, 3.05) is 13.7 Å². The largest absolute Gasteiger partial charge is 0.497 e. The molecule has 0 amide bonds. The van der Waals surface area contributed by atoms with Gasteiger partial charge in [0.25, 0.3) is 0 Å². The lowest BCUT2D eigenvalue weighted by molar-refractivity contribution is 0.0512. The maximum absolute atomic E-state index is 11.4. The number of methoxy groups -OCH3 is 1. The lowest BCUT2D eigenvalue weighted by atomic mass is 10.2. The number of ether oxygens (including phenoxy) is 2. The van der Waals surface area contributed by atoms with Crippen molar-refractivity contribution in [1.82, 2.24) is 15.2 Å². The molecule has 94 valence electrons. The predicted octanol–water partition coefficient (Wildman–Crippen LogP) is 1.66. The van der Waals surface area contributed by atoms with Gasteiger partial charge in [0.1, 0.15) is 5.75 Å². The van der Waals surface area contributed by atoms with Crippen LogP contribution in [-0.2, 0) is 4.74 Å². The third kappa shape index (κ3) is 2.48. The monoisotopic (exact) mass is 247 g/mol. The molecule has 1 heterocycles. The van der Waals surface area contributed by atoms with Crippen LogP contribution in [0.25, 0.3) is 11.4 Å². The van der Waals surface area contributed by atoms with Crippen LogP contribution >= 0.6 is 0 Å². The Kier molecular flexibility index (Phi) is 3.57. The SMILES string of the molecule is CCOC(=O)c1nc(-c2cccc(OC)c2)n[nH]1. The minimum atomic E-state index is -0.515. The van der Waals surface area contributed by atoms with Gasteiger partial charge >= 0.3 is 5.97 Å². The topological polar surface area (TPSA) is 77.1 Å². The van der Waals surface area contributed by atoms with Gasteiger partial charge in [-0.05, 0) is 19.1 Å². The zero-order chi connectivity index (χ0) is 13.0. The van der Waals surface area contributed by atoms with Gasteiger partial charge in [0, 0.05) is 5.56 Å². The Bertz CT molecular complexity index is 551. The molecule has 2 rings (SSSR count). The van der Waals surface area contributed by atoms with E-state index in [2.05, 4.69) is 15.2 Å². The first-order valence-corrected chi connectivity index (χ1v) is 5.48. The Labute approximate surface area is 104 Å². The van der Waals surface area contributed by atoms with E-state index in [4.69, 9.17) is 9.47 Å². The summed E-state index contributed by atoms with van der Waals surface area (Å²) < 4.78 is 9.94. The average Bonchev–Trinajstić information content (AvgIpc) is 2.89. The number of H-pyrrole nitrogens is 1. The first kappa shape index (κ1) is 12.1. The highest BCUT2D eigenvalue weighted by Crippen LogP contribution is 2.20. The molecule has 0 saturated heterocycles. The van der Waals surface area contributed by atoms with E-state index in [-0.39, 0.29) is 5.82 Å². The molecule has 0 saturated carbocycles. The summed E-state index contributed by atoms with van der Waals surface area (Å²) >= 11 is 0. The molecule has 6 nitrogen and oxygen atoms in total. The van der Waals surface area contributed by atoms with E-state index in [0.29, 0.717) is 18.2 Å². The summed E-state index contributed by atoms with van der Waals surface area (Å²) in [7, 11) is 1.58. The molecule has 18 heavy (non-hydrogen) atoms. The fraction of sp³-hybridized carbons (Fsp3) is 0.250. The molecule has 0 aliphatic carbocycles. The molecule has 0 atom stereocenters. The molecule has 0 aliphatic heterocycles. The summed E-state index contributed by atoms with van der Waals surface area (Å²) in [6, 6.07) is 7.27. The van der Waals surface area contributed by atoms with Crippen molar-refractivity contribution < 1.29 is 14.3 Å². The quantitative estimate of drug-likeness (QED) is 0.831. The average molecular weight is 247 g/mol. The van der Waals surface area contributed by atoms with E-state index in [1.807, 2.05) is 18.2 Å². The van der Waals surface area contributed by atoms with E-state index in [1.54, 1.807) is 20.1 Å². The van der Waals surface area contributed by atoms with Crippen molar-refractivity contribution in [3.63, 3.8) is 0 Å². The molecule has 0 spiro atoms. The number of hydrogen-bond donors (Lipinski definition) is 1. The van der Waals surface area contributed by atoms with Gasteiger partial charge in [0.05, 0.1) is 13.7 Å². The molecule has 0 unspecified atom stereocenters. The van der Waals surface area contributed by atoms with Crippen LogP contribution in [0.5, 0.6) is 5.75 Å². The second-order valence-electron chi connectivity index (χ2n) is 3.46. The molecule has 0 fully saturated rings. The first-order valence-electron chi connectivity index (χ1n) is 5.48. The van der Waals surface area contributed by atoms with Crippen molar-refractivity contribution in [2.45, 2.75) is 6.92 Å². The minimum Gasteiger partial charge on any atom is -0.497 e. The van der Waals surface area contributed by atoms with E-state index in [1.165, 1.54) is 0 Å². The Hall–Kier alpha value is -2.37. The Morgan fingerprint density at radius 2 is 2.28 bits per heavy atom. The number of nitrogens with one attached hydrogen (secondary N) is 1. The first-order chi connectivity index (χ1) is 8.74. The fourth-order valence-corrected chi connectivity index (χ4v) is 1.44. The number of benzene rings is 1. The maximum Gasteiger partial charge on any atom is 0.375 e. The number of aromatic amines is 1. The lowest BCUT2D eigenvalue weighted by Crippen LogP contribution is -2.06. The van der Waals surface area contributed by atoms with Crippen molar-refractivity contribution in [2.24, 2.45) is 0 Å². The molecular formula is C12H13N3O3. The van der Waals surface area contributed by atoms with Gasteiger partial charge in [-0.1, -0.05) is 12.1 Å². The van der Waals surface area contributed by atoms with Gasteiger partial charge in [0.15, 0.2) is 5.82 Å². The van der Waals surface area contributed by atoms with Gasteiger partial charge in [-0.2, -0.15) is 5.10 Å². The van der Waals surface area contributed by atoms with Crippen LogP contribution in [0.4, 0.5) is 0 Å². The summed E-state index contributed by atoms with van der Waals surface area (Å²) in [4.78, 5) is 15.5. The predicted molar refractivity (Wildman–Crippen MR) is 64.3 cm³/mol. The van der Waals surface area contributed by atoms with Gasteiger partial charge in [-0.15, -0.1) is 0 Å². The van der Waals surface area contributed by atoms with Crippen LogP contribution in [-0.4, -0.2) is 34.9 Å². The van der Waals surface area contributed by atoms with Crippen molar-refractivity contribution >= 4 is 5.97 Å². The van der Waals surface area contributed by atoms with Crippen LogP contribution < -0.4 is 4.74 Å². The van der Waals surface area contributed by atoms with Gasteiger partial charge in [-0.25, -0.2) is 9.78 Å². The fourth-order valence-electron chi connectivity index (χ4n) is 1.44. The van der Waals surface area contributed by atoms with Crippen molar-refractivity contribution in [3.05, 3.63) is 30.1 Å². The maximum atomic E-state index is 11.4. The number of hydrogen-bond acceptors (Lipinski definition) is 5. The van der Waals surface area contributed by atoms with Gasteiger partial charge in [0.2, 0.25) is 5.82 Å². The van der Waals surface area contributed by atoms with Crippen molar-refractivity contribution in [3.8, 4) is 17.1 Å². The standard InChI is InChI=1S/C12H13N3O3/c1-3-18-12(16)11-13-10(14-15-11)8-5-4-6-9(7-8)17-2/h4-7H,3H2,1-2H3,(H,13,14,15). The number of esters is 1. The molecule has 0 bridgehead atoms. The second-order valence-corrected chi connectivity index (χ2v) is 3.46. The third-order valence-electron chi connectivity index (χ3n) is 2.28. The molecule has 2 aromatic rings. The van der Waals surface area contributed by atoms with E-state index in [0.717, 1.165) is 5.56 Å². The number of rotatable bonds is 4. The highest BCUT2D eigenvalue weighted by molar-refractivity contribution is 5.85. The van der Waals surface area contributed by atoms with Crippen LogP contribution in [0, 0.1) is 0 Å². The summed E-state index contributed by atoms with van der Waals surface area (Å²) in [5.74, 6) is 0.709. The summed E-state index contributed by atoms with van der Waals surface area (Å²) in [6.07, 6.45) is 0. The van der Waals surface area contributed by atoms with E-state index >= 15 is 0 Å². The van der Waals surface area contributed by atoms with E-state index in [9.17, 15) is 4.79 Å². The van der Waals surface area contributed by atoms with Crippen LogP contribution in [0.1, 0.15) is 17.5 Å². The highest BCUT2D eigenvalue weighted by Gasteiger charge is 2.13. The molecule has 0 aliphatic rings. The molecule has 0 radical (unpaired) electrons. The van der Waals surface area contributed by atoms with Gasteiger partial charge < -0.3 is 9.47 Å². The van der Waals surface area contributed by atoms with Crippen molar-refractivity contribution in [1.29, 1.82) is 0 Å².